The SMILES string of the molecule is CC1=C(C(C)(C)C)OC(C)(C)C1C. The van der Waals surface area contributed by atoms with Crippen LogP contribution in [0.15, 0.2) is 11.3 Å². The Balaban J connectivity index is 3.03. The van der Waals surface area contributed by atoms with Crippen molar-refractivity contribution >= 4 is 0 Å². The average molecular weight is 182 g/mol. The highest BCUT2D eigenvalue weighted by Crippen LogP contribution is 2.45. The van der Waals surface area contributed by atoms with Gasteiger partial charge < -0.3 is 4.74 Å². The van der Waals surface area contributed by atoms with Gasteiger partial charge in [-0.05, 0) is 26.3 Å². The van der Waals surface area contributed by atoms with Crippen LogP contribution >= 0.6 is 0 Å². The van der Waals surface area contributed by atoms with E-state index in [1.807, 2.05) is 0 Å². The Hall–Kier alpha value is -0.460. The minimum Gasteiger partial charge on any atom is -0.491 e. The topological polar surface area (TPSA) is 9.23 Å². The molecule has 1 heteroatoms. The Kier molecular flexibility index (Phi) is 2.26. The molecule has 0 saturated heterocycles. The van der Waals surface area contributed by atoms with Gasteiger partial charge >= 0.3 is 0 Å². The summed E-state index contributed by atoms with van der Waals surface area (Å²) in [6.45, 7) is 15.4. The standard InChI is InChI=1S/C12H22O/c1-8-9(2)12(6,7)13-10(8)11(3,4)5/h9H,1-7H3. The summed E-state index contributed by atoms with van der Waals surface area (Å²) in [6.07, 6.45) is 0. The highest BCUT2D eigenvalue weighted by molar-refractivity contribution is 5.23. The lowest BCUT2D eigenvalue weighted by molar-refractivity contribution is 0.00969. The fourth-order valence-corrected chi connectivity index (χ4v) is 1.89. The first-order valence-corrected chi connectivity index (χ1v) is 5.06. The Morgan fingerprint density at radius 3 is 1.85 bits per heavy atom. The van der Waals surface area contributed by atoms with Crippen molar-refractivity contribution in [3.8, 4) is 0 Å². The summed E-state index contributed by atoms with van der Waals surface area (Å²) in [5.41, 5.74) is 1.54. The van der Waals surface area contributed by atoms with Crippen LogP contribution in [0.3, 0.4) is 0 Å². The molecule has 1 aliphatic rings. The molecule has 0 saturated carbocycles. The zero-order valence-corrected chi connectivity index (χ0v) is 9.99. The molecule has 0 amide bonds. The Morgan fingerprint density at radius 1 is 1.23 bits per heavy atom. The molecule has 1 rings (SSSR count). The molecule has 1 heterocycles. The van der Waals surface area contributed by atoms with Crippen LogP contribution in [-0.4, -0.2) is 5.60 Å². The summed E-state index contributed by atoms with van der Waals surface area (Å²) in [4.78, 5) is 0. The molecule has 1 nitrogen and oxygen atoms in total. The molecular formula is C12H22O. The third-order valence-electron chi connectivity index (χ3n) is 3.10. The highest BCUT2D eigenvalue weighted by atomic mass is 16.5. The van der Waals surface area contributed by atoms with Crippen LogP contribution in [0.2, 0.25) is 0 Å². The molecular weight excluding hydrogens is 160 g/mol. The van der Waals surface area contributed by atoms with Crippen molar-refractivity contribution in [3.63, 3.8) is 0 Å². The molecule has 0 aliphatic carbocycles. The molecule has 1 atom stereocenters. The van der Waals surface area contributed by atoms with Crippen LogP contribution in [0, 0.1) is 11.3 Å². The maximum absolute atomic E-state index is 6.02. The van der Waals surface area contributed by atoms with E-state index in [1.54, 1.807) is 0 Å². The third kappa shape index (κ3) is 1.74. The van der Waals surface area contributed by atoms with Crippen LogP contribution in [0.5, 0.6) is 0 Å². The summed E-state index contributed by atoms with van der Waals surface area (Å²) >= 11 is 0. The minimum atomic E-state index is -0.0211. The second-order valence-electron chi connectivity index (χ2n) is 5.69. The zero-order valence-electron chi connectivity index (χ0n) is 9.99. The molecule has 0 bridgehead atoms. The first kappa shape index (κ1) is 10.6. The smallest absolute Gasteiger partial charge is 0.109 e. The maximum Gasteiger partial charge on any atom is 0.109 e. The zero-order chi connectivity index (χ0) is 10.4. The summed E-state index contributed by atoms with van der Waals surface area (Å²) in [7, 11) is 0. The number of hydrogen-bond donors (Lipinski definition) is 0. The number of hydrogen-bond acceptors (Lipinski definition) is 1. The molecule has 13 heavy (non-hydrogen) atoms. The number of rotatable bonds is 0. The van der Waals surface area contributed by atoms with Gasteiger partial charge in [0.15, 0.2) is 0 Å². The molecule has 0 aromatic rings. The fourth-order valence-electron chi connectivity index (χ4n) is 1.89. The van der Waals surface area contributed by atoms with Crippen molar-refractivity contribution < 1.29 is 4.74 Å². The van der Waals surface area contributed by atoms with Crippen molar-refractivity contribution in [2.45, 2.75) is 54.1 Å². The van der Waals surface area contributed by atoms with E-state index in [-0.39, 0.29) is 11.0 Å². The molecule has 0 aromatic carbocycles. The lowest BCUT2D eigenvalue weighted by Gasteiger charge is -2.28. The first-order valence-electron chi connectivity index (χ1n) is 5.06. The predicted molar refractivity (Wildman–Crippen MR) is 56.5 cm³/mol. The Labute approximate surface area is 82.2 Å². The number of ether oxygens (including phenoxy) is 1. The van der Waals surface area contributed by atoms with Crippen molar-refractivity contribution in [2.75, 3.05) is 0 Å². The second kappa shape index (κ2) is 2.76. The molecule has 0 radical (unpaired) electrons. The van der Waals surface area contributed by atoms with Gasteiger partial charge in [0.25, 0.3) is 0 Å². The maximum atomic E-state index is 6.02. The van der Waals surface area contributed by atoms with E-state index in [9.17, 15) is 0 Å². The lowest BCUT2D eigenvalue weighted by Crippen LogP contribution is -2.27. The predicted octanol–water partition coefficient (Wildman–Crippen LogP) is 3.75. The van der Waals surface area contributed by atoms with Gasteiger partial charge in [-0.3, -0.25) is 0 Å². The quantitative estimate of drug-likeness (QED) is 0.554. The van der Waals surface area contributed by atoms with Crippen LogP contribution in [0.4, 0.5) is 0 Å². The Bertz CT molecular complexity index is 240. The van der Waals surface area contributed by atoms with Gasteiger partial charge in [-0.25, -0.2) is 0 Å². The molecule has 1 unspecified atom stereocenters. The van der Waals surface area contributed by atoms with E-state index in [0.717, 1.165) is 0 Å². The van der Waals surface area contributed by atoms with Gasteiger partial charge in [0, 0.05) is 11.3 Å². The molecule has 0 spiro atoms. The molecule has 76 valence electrons. The van der Waals surface area contributed by atoms with Gasteiger partial charge in [-0.1, -0.05) is 27.7 Å². The molecule has 0 aromatic heterocycles. The monoisotopic (exact) mass is 182 g/mol. The second-order valence-corrected chi connectivity index (χ2v) is 5.69. The lowest BCUT2D eigenvalue weighted by atomic mass is 9.85. The Morgan fingerprint density at radius 2 is 1.69 bits per heavy atom. The van der Waals surface area contributed by atoms with E-state index < -0.39 is 0 Å². The van der Waals surface area contributed by atoms with Crippen molar-refractivity contribution in [2.24, 2.45) is 11.3 Å². The van der Waals surface area contributed by atoms with Gasteiger partial charge in [0.05, 0.1) is 0 Å². The van der Waals surface area contributed by atoms with Crippen LogP contribution in [0.1, 0.15) is 48.5 Å². The van der Waals surface area contributed by atoms with Gasteiger partial charge in [0.1, 0.15) is 11.4 Å². The number of allylic oxidation sites excluding steroid dienone is 1. The molecule has 0 fully saturated rings. The summed E-state index contributed by atoms with van der Waals surface area (Å²) < 4.78 is 6.02. The van der Waals surface area contributed by atoms with Gasteiger partial charge in [-0.2, -0.15) is 0 Å². The van der Waals surface area contributed by atoms with E-state index >= 15 is 0 Å². The van der Waals surface area contributed by atoms with Gasteiger partial charge in [-0.15, -0.1) is 0 Å². The summed E-state index contributed by atoms with van der Waals surface area (Å²) in [6, 6.07) is 0. The van der Waals surface area contributed by atoms with E-state index in [2.05, 4.69) is 48.5 Å². The summed E-state index contributed by atoms with van der Waals surface area (Å²) in [5, 5.41) is 0. The minimum absolute atomic E-state index is 0.0211. The average Bonchev–Trinajstić information content (AvgIpc) is 2.12. The summed E-state index contributed by atoms with van der Waals surface area (Å²) in [5.74, 6) is 1.71. The molecule has 0 N–H and O–H groups in total. The van der Waals surface area contributed by atoms with Crippen molar-refractivity contribution in [1.82, 2.24) is 0 Å². The highest BCUT2D eigenvalue weighted by Gasteiger charge is 2.41. The van der Waals surface area contributed by atoms with Crippen LogP contribution in [-0.2, 0) is 4.74 Å². The van der Waals surface area contributed by atoms with Gasteiger partial charge in [0.2, 0.25) is 0 Å². The van der Waals surface area contributed by atoms with E-state index in [1.165, 1.54) is 11.3 Å². The van der Waals surface area contributed by atoms with Crippen molar-refractivity contribution in [3.05, 3.63) is 11.3 Å². The van der Waals surface area contributed by atoms with Crippen LogP contribution in [0.25, 0.3) is 0 Å². The van der Waals surface area contributed by atoms with Crippen LogP contribution < -0.4 is 0 Å². The van der Waals surface area contributed by atoms with E-state index in [4.69, 9.17) is 4.74 Å². The molecule has 1 aliphatic heterocycles. The third-order valence-corrected chi connectivity index (χ3v) is 3.10. The normalized spacial score (nSPS) is 27.8. The van der Waals surface area contributed by atoms with Crippen molar-refractivity contribution in [1.29, 1.82) is 0 Å². The largest absolute Gasteiger partial charge is 0.491 e. The first-order chi connectivity index (χ1) is 5.66. The van der Waals surface area contributed by atoms with E-state index in [0.29, 0.717) is 5.92 Å². The fraction of sp³-hybridized carbons (Fsp3) is 0.833.